The molecule has 2 heteroatoms. The third kappa shape index (κ3) is 2.58. The molecule has 1 unspecified atom stereocenters. The first-order valence-electron chi connectivity index (χ1n) is 3.53. The van der Waals surface area contributed by atoms with Gasteiger partial charge in [-0.15, -0.1) is 0 Å². The summed E-state index contributed by atoms with van der Waals surface area (Å²) in [4.78, 5) is 11.0. The normalized spacial score (nSPS) is 13.9. The van der Waals surface area contributed by atoms with E-state index < -0.39 is 0 Å². The Labute approximate surface area is 67.6 Å². The van der Waals surface area contributed by atoms with Gasteiger partial charge in [-0.05, 0) is 19.4 Å². The molecule has 0 rings (SSSR count). The van der Waals surface area contributed by atoms with Crippen LogP contribution in [0.25, 0.3) is 0 Å². The number of allylic oxidation sites excluding steroid dienone is 2. The molecule has 0 bridgehead atoms. The molecular formula is C9H14O2. The third-order valence-corrected chi connectivity index (χ3v) is 1.62. The maximum absolute atomic E-state index is 11.0. The highest BCUT2D eigenvalue weighted by atomic mass is 16.5. The number of carbonyl (C=O) groups is 1. The van der Waals surface area contributed by atoms with Gasteiger partial charge in [-0.1, -0.05) is 18.7 Å². The van der Waals surface area contributed by atoms with Crippen LogP contribution < -0.4 is 0 Å². The summed E-state index contributed by atoms with van der Waals surface area (Å²) in [5, 5.41) is 0. The summed E-state index contributed by atoms with van der Waals surface area (Å²) in [5.74, 6) is -0.430. The molecule has 0 heterocycles. The molecule has 0 aliphatic rings. The first-order valence-corrected chi connectivity index (χ1v) is 3.53. The van der Waals surface area contributed by atoms with Crippen LogP contribution in [-0.2, 0) is 9.53 Å². The smallest absolute Gasteiger partial charge is 0.312 e. The second kappa shape index (κ2) is 4.72. The van der Waals surface area contributed by atoms with Crippen molar-refractivity contribution in [2.45, 2.75) is 13.8 Å². The molecule has 0 N–H and O–H groups in total. The van der Waals surface area contributed by atoms with Crippen molar-refractivity contribution in [2.75, 3.05) is 7.11 Å². The van der Waals surface area contributed by atoms with E-state index in [0.29, 0.717) is 0 Å². The van der Waals surface area contributed by atoms with Crippen molar-refractivity contribution < 1.29 is 9.53 Å². The minimum Gasteiger partial charge on any atom is -0.469 e. The third-order valence-electron chi connectivity index (χ3n) is 1.62. The van der Waals surface area contributed by atoms with Crippen molar-refractivity contribution in [1.82, 2.24) is 0 Å². The fourth-order valence-electron chi connectivity index (χ4n) is 0.857. The molecule has 0 aromatic heterocycles. The number of hydrogen-bond donors (Lipinski definition) is 0. The average molecular weight is 154 g/mol. The number of esters is 1. The highest BCUT2D eigenvalue weighted by molar-refractivity contribution is 5.75. The van der Waals surface area contributed by atoms with E-state index in [0.717, 1.165) is 5.57 Å². The van der Waals surface area contributed by atoms with Crippen LogP contribution >= 0.6 is 0 Å². The Morgan fingerprint density at radius 1 is 1.64 bits per heavy atom. The van der Waals surface area contributed by atoms with E-state index in [2.05, 4.69) is 11.3 Å². The molecular weight excluding hydrogens is 140 g/mol. The molecule has 62 valence electrons. The zero-order valence-electron chi connectivity index (χ0n) is 7.26. The summed E-state index contributed by atoms with van der Waals surface area (Å²) in [7, 11) is 1.38. The monoisotopic (exact) mass is 154 g/mol. The molecule has 0 radical (unpaired) electrons. The lowest BCUT2D eigenvalue weighted by Crippen LogP contribution is -2.13. The number of carbonyl (C=O) groups excluding carboxylic acids is 1. The predicted octanol–water partition coefficient (Wildman–Crippen LogP) is 1.93. The summed E-state index contributed by atoms with van der Waals surface area (Å²) in [5.41, 5.74) is 0.900. The zero-order chi connectivity index (χ0) is 8.85. The summed E-state index contributed by atoms with van der Waals surface area (Å²) in [6.07, 6.45) is 3.52. The summed E-state index contributed by atoms with van der Waals surface area (Å²) < 4.78 is 4.57. The van der Waals surface area contributed by atoms with Crippen LogP contribution in [0.15, 0.2) is 24.3 Å². The van der Waals surface area contributed by atoms with Crippen molar-refractivity contribution in [3.63, 3.8) is 0 Å². The first-order chi connectivity index (χ1) is 5.17. The van der Waals surface area contributed by atoms with Crippen molar-refractivity contribution in [2.24, 2.45) is 5.92 Å². The van der Waals surface area contributed by atoms with Gasteiger partial charge in [0.05, 0.1) is 13.0 Å². The molecule has 0 saturated heterocycles. The number of methoxy groups -OCH3 is 1. The minimum absolute atomic E-state index is 0.206. The van der Waals surface area contributed by atoms with E-state index in [9.17, 15) is 4.79 Å². The van der Waals surface area contributed by atoms with Gasteiger partial charge in [-0.3, -0.25) is 4.79 Å². The first kappa shape index (κ1) is 9.95. The zero-order valence-corrected chi connectivity index (χ0v) is 7.26. The molecule has 1 atom stereocenters. The number of ether oxygens (including phenoxy) is 1. The molecule has 0 amide bonds. The maximum atomic E-state index is 11.0. The van der Waals surface area contributed by atoms with Crippen LogP contribution in [0.3, 0.4) is 0 Å². The lowest BCUT2D eigenvalue weighted by Gasteiger charge is -2.08. The topological polar surface area (TPSA) is 26.3 Å². The van der Waals surface area contributed by atoms with Gasteiger partial charge in [0.15, 0.2) is 0 Å². The molecule has 0 spiro atoms. The minimum atomic E-state index is -0.224. The van der Waals surface area contributed by atoms with Gasteiger partial charge >= 0.3 is 5.97 Å². The average Bonchev–Trinajstić information content (AvgIpc) is 2.05. The van der Waals surface area contributed by atoms with E-state index in [1.807, 2.05) is 13.0 Å². The Balaban J connectivity index is 4.33. The molecule has 0 saturated carbocycles. The van der Waals surface area contributed by atoms with Gasteiger partial charge in [0, 0.05) is 0 Å². The number of hydrogen-bond acceptors (Lipinski definition) is 2. The molecule has 0 fully saturated rings. The van der Waals surface area contributed by atoms with Crippen molar-refractivity contribution in [3.8, 4) is 0 Å². The second-order valence-electron chi connectivity index (χ2n) is 2.24. The number of rotatable bonds is 3. The van der Waals surface area contributed by atoms with Crippen molar-refractivity contribution >= 4 is 5.97 Å². The Hall–Kier alpha value is -1.05. The van der Waals surface area contributed by atoms with Gasteiger partial charge in [-0.2, -0.15) is 0 Å². The standard InChI is InChI=1S/C9H14O2/c1-5-8(6-2)7(3)9(10)11-4/h5-7H,1H2,2-4H3/b8-6+. The van der Waals surface area contributed by atoms with Crippen LogP contribution in [-0.4, -0.2) is 13.1 Å². The van der Waals surface area contributed by atoms with Gasteiger partial charge in [0.1, 0.15) is 0 Å². The summed E-state index contributed by atoms with van der Waals surface area (Å²) in [6, 6.07) is 0. The SMILES string of the molecule is C=C/C(=C\C)C(C)C(=O)OC. The highest BCUT2D eigenvalue weighted by Gasteiger charge is 2.14. The lowest BCUT2D eigenvalue weighted by atomic mass is 10.0. The van der Waals surface area contributed by atoms with Crippen molar-refractivity contribution in [3.05, 3.63) is 24.3 Å². The highest BCUT2D eigenvalue weighted by Crippen LogP contribution is 2.12. The van der Waals surface area contributed by atoms with E-state index >= 15 is 0 Å². The Morgan fingerprint density at radius 3 is 2.45 bits per heavy atom. The van der Waals surface area contributed by atoms with E-state index in [1.54, 1.807) is 13.0 Å². The Kier molecular flexibility index (Phi) is 4.27. The lowest BCUT2D eigenvalue weighted by molar-refractivity contribution is -0.143. The van der Waals surface area contributed by atoms with Crippen LogP contribution in [0.4, 0.5) is 0 Å². The van der Waals surface area contributed by atoms with Crippen LogP contribution in [0.1, 0.15) is 13.8 Å². The van der Waals surface area contributed by atoms with Gasteiger partial charge in [0.2, 0.25) is 0 Å². The van der Waals surface area contributed by atoms with Gasteiger partial charge < -0.3 is 4.74 Å². The summed E-state index contributed by atoms with van der Waals surface area (Å²) in [6.45, 7) is 7.26. The molecule has 0 aliphatic heterocycles. The molecule has 0 aromatic rings. The van der Waals surface area contributed by atoms with Crippen LogP contribution in [0.5, 0.6) is 0 Å². The molecule has 2 nitrogen and oxygen atoms in total. The quantitative estimate of drug-likeness (QED) is 0.458. The van der Waals surface area contributed by atoms with Crippen molar-refractivity contribution in [1.29, 1.82) is 0 Å². The Bertz CT molecular complexity index is 180. The van der Waals surface area contributed by atoms with E-state index in [4.69, 9.17) is 0 Å². The second-order valence-corrected chi connectivity index (χ2v) is 2.24. The van der Waals surface area contributed by atoms with Crippen LogP contribution in [0.2, 0.25) is 0 Å². The molecule has 0 aromatic carbocycles. The fourth-order valence-corrected chi connectivity index (χ4v) is 0.857. The maximum Gasteiger partial charge on any atom is 0.312 e. The molecule has 0 aliphatic carbocycles. The molecule has 11 heavy (non-hydrogen) atoms. The Morgan fingerprint density at radius 2 is 2.18 bits per heavy atom. The van der Waals surface area contributed by atoms with Crippen LogP contribution in [0, 0.1) is 5.92 Å². The fraction of sp³-hybridized carbons (Fsp3) is 0.444. The van der Waals surface area contributed by atoms with E-state index in [-0.39, 0.29) is 11.9 Å². The predicted molar refractivity (Wildman–Crippen MR) is 45.1 cm³/mol. The van der Waals surface area contributed by atoms with Gasteiger partial charge in [-0.25, -0.2) is 0 Å². The largest absolute Gasteiger partial charge is 0.469 e. The summed E-state index contributed by atoms with van der Waals surface area (Å²) >= 11 is 0. The van der Waals surface area contributed by atoms with Gasteiger partial charge in [0.25, 0.3) is 0 Å². The van der Waals surface area contributed by atoms with E-state index in [1.165, 1.54) is 7.11 Å².